The maximum atomic E-state index is 5.32. The van der Waals surface area contributed by atoms with Crippen LogP contribution in [-0.4, -0.2) is 21.3 Å². The second-order valence-corrected chi connectivity index (χ2v) is 3.88. The molecule has 0 fully saturated rings. The lowest BCUT2D eigenvalue weighted by atomic mass is 9.97. The molecular formula is C14H20O3. The number of hydrogen-bond donors (Lipinski definition) is 0. The molecule has 1 atom stereocenters. The van der Waals surface area contributed by atoms with Crippen LogP contribution in [0.3, 0.4) is 0 Å². The number of rotatable bonds is 6. The average Bonchev–Trinajstić information content (AvgIpc) is 2.37. The van der Waals surface area contributed by atoms with Gasteiger partial charge in [-0.3, -0.25) is 0 Å². The van der Waals surface area contributed by atoms with Crippen LogP contribution in [0.15, 0.2) is 24.8 Å². The summed E-state index contributed by atoms with van der Waals surface area (Å²) < 4.78 is 15.9. The minimum atomic E-state index is 0.376. The van der Waals surface area contributed by atoms with Gasteiger partial charge in [0.1, 0.15) is 0 Å². The van der Waals surface area contributed by atoms with Crippen molar-refractivity contribution >= 4 is 0 Å². The molecule has 1 aromatic carbocycles. The van der Waals surface area contributed by atoms with Crippen molar-refractivity contribution in [2.45, 2.75) is 19.3 Å². The quantitative estimate of drug-likeness (QED) is 0.708. The van der Waals surface area contributed by atoms with E-state index in [-0.39, 0.29) is 0 Å². The molecule has 3 nitrogen and oxygen atoms in total. The summed E-state index contributed by atoms with van der Waals surface area (Å²) in [4.78, 5) is 0. The fourth-order valence-electron chi connectivity index (χ4n) is 1.77. The van der Waals surface area contributed by atoms with Crippen molar-refractivity contribution in [3.05, 3.63) is 30.4 Å². The monoisotopic (exact) mass is 236 g/mol. The molecule has 94 valence electrons. The third-order valence-corrected chi connectivity index (χ3v) is 2.78. The standard InChI is InChI=1S/C14H20O3/c1-6-7-10(2)11-8-12(15-3)14(17-5)13(9-11)16-4/h6,8-10H,1,7H2,2-5H3/t10-/m0/s1. The van der Waals surface area contributed by atoms with E-state index in [9.17, 15) is 0 Å². The van der Waals surface area contributed by atoms with Crippen LogP contribution in [0.1, 0.15) is 24.8 Å². The highest BCUT2D eigenvalue weighted by atomic mass is 16.5. The van der Waals surface area contributed by atoms with Crippen LogP contribution in [0.5, 0.6) is 17.2 Å². The summed E-state index contributed by atoms with van der Waals surface area (Å²) in [5.41, 5.74) is 1.15. The molecule has 0 saturated carbocycles. The maximum Gasteiger partial charge on any atom is 0.203 e. The normalized spacial score (nSPS) is 11.8. The zero-order chi connectivity index (χ0) is 12.8. The van der Waals surface area contributed by atoms with Crippen LogP contribution in [0.2, 0.25) is 0 Å². The van der Waals surface area contributed by atoms with Gasteiger partial charge in [0.05, 0.1) is 21.3 Å². The summed E-state index contributed by atoms with van der Waals surface area (Å²) in [6.07, 6.45) is 2.83. The molecule has 0 spiro atoms. The van der Waals surface area contributed by atoms with Crippen LogP contribution in [0.4, 0.5) is 0 Å². The van der Waals surface area contributed by atoms with E-state index < -0.39 is 0 Å². The van der Waals surface area contributed by atoms with Gasteiger partial charge in [0.2, 0.25) is 5.75 Å². The third kappa shape index (κ3) is 2.93. The smallest absolute Gasteiger partial charge is 0.203 e. The van der Waals surface area contributed by atoms with E-state index in [4.69, 9.17) is 14.2 Å². The Balaban J connectivity index is 3.21. The largest absolute Gasteiger partial charge is 0.493 e. The predicted octanol–water partition coefficient (Wildman–Crippen LogP) is 3.39. The van der Waals surface area contributed by atoms with E-state index in [2.05, 4.69) is 13.5 Å². The highest BCUT2D eigenvalue weighted by Crippen LogP contribution is 2.40. The Morgan fingerprint density at radius 2 is 1.65 bits per heavy atom. The second-order valence-electron chi connectivity index (χ2n) is 3.88. The molecule has 0 bridgehead atoms. The summed E-state index contributed by atoms with van der Waals surface area (Å²) >= 11 is 0. The first-order valence-corrected chi connectivity index (χ1v) is 5.58. The lowest BCUT2D eigenvalue weighted by Crippen LogP contribution is -1.99. The summed E-state index contributed by atoms with van der Waals surface area (Å²) in [7, 11) is 4.85. The topological polar surface area (TPSA) is 27.7 Å². The van der Waals surface area contributed by atoms with Crippen molar-refractivity contribution < 1.29 is 14.2 Å². The molecule has 0 N–H and O–H groups in total. The molecular weight excluding hydrogens is 216 g/mol. The molecule has 0 radical (unpaired) electrons. The highest BCUT2D eigenvalue weighted by molar-refractivity contribution is 5.54. The third-order valence-electron chi connectivity index (χ3n) is 2.78. The molecule has 17 heavy (non-hydrogen) atoms. The lowest BCUT2D eigenvalue weighted by Gasteiger charge is -2.16. The van der Waals surface area contributed by atoms with Gasteiger partial charge in [-0.2, -0.15) is 0 Å². The Hall–Kier alpha value is -1.64. The fourth-order valence-corrected chi connectivity index (χ4v) is 1.77. The van der Waals surface area contributed by atoms with Crippen LogP contribution in [-0.2, 0) is 0 Å². The van der Waals surface area contributed by atoms with Gasteiger partial charge in [0.15, 0.2) is 11.5 Å². The Kier molecular flexibility index (Phi) is 4.88. The Morgan fingerprint density at radius 3 is 2.00 bits per heavy atom. The Bertz CT molecular complexity index is 360. The zero-order valence-corrected chi connectivity index (χ0v) is 10.9. The number of methoxy groups -OCH3 is 3. The number of ether oxygens (including phenoxy) is 3. The van der Waals surface area contributed by atoms with Crippen molar-refractivity contribution in [2.75, 3.05) is 21.3 Å². The molecule has 0 saturated heterocycles. The van der Waals surface area contributed by atoms with E-state index in [1.54, 1.807) is 21.3 Å². The molecule has 0 aliphatic heterocycles. The Labute approximate surface area is 103 Å². The number of allylic oxidation sites excluding steroid dienone is 1. The average molecular weight is 236 g/mol. The predicted molar refractivity (Wildman–Crippen MR) is 69.3 cm³/mol. The summed E-state index contributed by atoms with van der Waals surface area (Å²) in [5.74, 6) is 2.39. The zero-order valence-electron chi connectivity index (χ0n) is 10.9. The number of hydrogen-bond acceptors (Lipinski definition) is 3. The first-order valence-electron chi connectivity index (χ1n) is 5.58. The van der Waals surface area contributed by atoms with Crippen molar-refractivity contribution in [2.24, 2.45) is 0 Å². The van der Waals surface area contributed by atoms with Crippen LogP contribution >= 0.6 is 0 Å². The first kappa shape index (κ1) is 13.4. The van der Waals surface area contributed by atoms with Gasteiger partial charge >= 0.3 is 0 Å². The van der Waals surface area contributed by atoms with Gasteiger partial charge in [-0.05, 0) is 30.0 Å². The minimum Gasteiger partial charge on any atom is -0.493 e. The van der Waals surface area contributed by atoms with Gasteiger partial charge < -0.3 is 14.2 Å². The van der Waals surface area contributed by atoms with Crippen LogP contribution < -0.4 is 14.2 Å². The molecule has 0 unspecified atom stereocenters. The van der Waals surface area contributed by atoms with Crippen molar-refractivity contribution in [1.29, 1.82) is 0 Å². The maximum absolute atomic E-state index is 5.32. The first-order chi connectivity index (χ1) is 8.17. The molecule has 0 aliphatic rings. The molecule has 3 heteroatoms. The van der Waals surface area contributed by atoms with E-state index >= 15 is 0 Å². The van der Waals surface area contributed by atoms with Crippen LogP contribution in [0.25, 0.3) is 0 Å². The fraction of sp³-hybridized carbons (Fsp3) is 0.429. The summed E-state index contributed by atoms with van der Waals surface area (Å²) in [6, 6.07) is 3.96. The van der Waals surface area contributed by atoms with Crippen molar-refractivity contribution in [3.8, 4) is 17.2 Å². The van der Waals surface area contributed by atoms with E-state index in [0.29, 0.717) is 23.2 Å². The Morgan fingerprint density at radius 1 is 1.12 bits per heavy atom. The van der Waals surface area contributed by atoms with E-state index in [1.807, 2.05) is 18.2 Å². The highest BCUT2D eigenvalue weighted by Gasteiger charge is 2.15. The lowest BCUT2D eigenvalue weighted by molar-refractivity contribution is 0.323. The molecule has 0 heterocycles. The molecule has 1 aromatic rings. The number of benzene rings is 1. The van der Waals surface area contributed by atoms with Crippen LogP contribution in [0, 0.1) is 0 Å². The molecule has 1 rings (SSSR count). The van der Waals surface area contributed by atoms with Gasteiger partial charge in [0, 0.05) is 0 Å². The SMILES string of the molecule is C=CC[C@H](C)c1cc(OC)c(OC)c(OC)c1. The van der Waals surface area contributed by atoms with E-state index in [0.717, 1.165) is 12.0 Å². The molecule has 0 amide bonds. The van der Waals surface area contributed by atoms with Gasteiger partial charge in [-0.15, -0.1) is 6.58 Å². The summed E-state index contributed by atoms with van der Waals surface area (Å²) in [5, 5.41) is 0. The minimum absolute atomic E-state index is 0.376. The second kappa shape index (κ2) is 6.18. The van der Waals surface area contributed by atoms with E-state index in [1.165, 1.54) is 0 Å². The molecule has 0 aliphatic carbocycles. The van der Waals surface area contributed by atoms with Gasteiger partial charge in [0.25, 0.3) is 0 Å². The van der Waals surface area contributed by atoms with Gasteiger partial charge in [-0.25, -0.2) is 0 Å². The molecule has 0 aromatic heterocycles. The van der Waals surface area contributed by atoms with Crippen molar-refractivity contribution in [3.63, 3.8) is 0 Å². The summed E-state index contributed by atoms with van der Waals surface area (Å²) in [6.45, 7) is 5.90. The van der Waals surface area contributed by atoms with Gasteiger partial charge in [-0.1, -0.05) is 13.0 Å². The van der Waals surface area contributed by atoms with Crippen molar-refractivity contribution in [1.82, 2.24) is 0 Å².